The third-order valence-corrected chi connectivity index (χ3v) is 10.2. The van der Waals surface area contributed by atoms with Gasteiger partial charge < -0.3 is 40.3 Å². The number of nitrogens with one attached hydrogen (secondary N) is 2. The van der Waals surface area contributed by atoms with E-state index in [1.807, 2.05) is 0 Å². The lowest BCUT2D eigenvalue weighted by atomic mass is 10.0. The lowest BCUT2D eigenvalue weighted by Gasteiger charge is -2.38. The number of urea groups is 1. The topological polar surface area (TPSA) is 234 Å². The van der Waals surface area contributed by atoms with Crippen LogP contribution in [0, 0.1) is 0 Å². The van der Waals surface area contributed by atoms with E-state index in [9.17, 15) is 39.0 Å². The first-order chi connectivity index (χ1) is 27.4. The zero-order chi connectivity index (χ0) is 40.4. The van der Waals surface area contributed by atoms with Gasteiger partial charge in [0.1, 0.15) is 18.1 Å². The van der Waals surface area contributed by atoms with Crippen molar-refractivity contribution in [1.82, 2.24) is 34.6 Å². The van der Waals surface area contributed by atoms with Crippen LogP contribution >= 0.6 is 11.6 Å². The third kappa shape index (κ3) is 7.96. The summed E-state index contributed by atoms with van der Waals surface area (Å²) in [5.41, 5.74) is 1.56. The van der Waals surface area contributed by atoms with Crippen molar-refractivity contribution >= 4 is 75.4 Å². The number of methoxy groups -OCH3 is 1. The molecule has 2 saturated heterocycles. The molecule has 1 atom stereocenters. The van der Waals surface area contributed by atoms with Crippen LogP contribution in [-0.4, -0.2) is 126 Å². The minimum Gasteiger partial charge on any atom is -0.477 e. The number of hydrogen-bond acceptors (Lipinski definition) is 10. The smallest absolute Gasteiger partial charge is 0.416 e. The third-order valence-electron chi connectivity index (χ3n) is 9.93. The highest BCUT2D eigenvalue weighted by molar-refractivity contribution is 6.41. The number of carboxylic acid groups (broad SMARTS) is 2. The van der Waals surface area contributed by atoms with E-state index in [0.717, 1.165) is 12.8 Å². The summed E-state index contributed by atoms with van der Waals surface area (Å²) in [5.74, 6) is -4.03. The number of rotatable bonds is 10. The van der Waals surface area contributed by atoms with E-state index in [0.29, 0.717) is 39.6 Å². The molecule has 2 aliphatic rings. The number of carboxylic acids is 1. The molecule has 57 heavy (non-hydrogen) atoms. The van der Waals surface area contributed by atoms with Crippen LogP contribution in [0.4, 0.5) is 26.7 Å². The standard InChI is InChI=1S/C37H35ClN10O9/c1-57-26-10-12-44(13-11-26)36(54)41-24-5-2-21(3-6-24)16-30(32(49)40-25-7-9-27-22(17-25)18-31(35(52)53)48(27)37(55)56)46-15-14-45(33(50)34(46)51)29-19-23(38)4-8-28(29)47-20-39-42-43-47/h2-9,17-20,26,30H,10-16H2,1H3,(H,40,49)(H,41,54)(H,52,53)(H,55,56)/t30-/m0/s1. The Bertz CT molecular complexity index is 2380. The highest BCUT2D eigenvalue weighted by atomic mass is 35.5. The number of nitrogens with zero attached hydrogens (tertiary/aromatic N) is 8. The van der Waals surface area contributed by atoms with Crippen LogP contribution in [0.3, 0.4) is 0 Å². The average Bonchev–Trinajstić information content (AvgIpc) is 3.88. The molecule has 3 aromatic carbocycles. The molecule has 0 saturated carbocycles. The van der Waals surface area contributed by atoms with Gasteiger partial charge in [-0.15, -0.1) is 5.10 Å². The number of aromatic carboxylic acids is 1. The molecule has 5 aromatic rings. The Hall–Kier alpha value is -6.86. The SMILES string of the molecule is COC1CCN(C(=O)Nc2ccc(C[C@@H](C(=O)Nc3ccc4c(c3)cc(C(=O)O)n4C(=O)O)N3CCN(c4cc(Cl)ccc4-n4cnnn4)C(=O)C3=O)cc2)CC1. The summed E-state index contributed by atoms with van der Waals surface area (Å²) >= 11 is 6.30. The molecular weight excluding hydrogens is 764 g/mol. The minimum atomic E-state index is -1.50. The number of aromatic nitrogens is 5. The average molecular weight is 799 g/mol. The molecule has 0 aliphatic carbocycles. The largest absolute Gasteiger partial charge is 0.477 e. The van der Waals surface area contributed by atoms with Gasteiger partial charge in [0.25, 0.3) is 0 Å². The van der Waals surface area contributed by atoms with Crippen LogP contribution in [0.5, 0.6) is 0 Å². The predicted octanol–water partition coefficient (Wildman–Crippen LogP) is 3.56. The number of fused-ring (bicyclic) bond motifs is 1. The number of carbonyl (C=O) groups excluding carboxylic acids is 4. The number of likely N-dealkylation sites (tertiary alicyclic amines) is 1. The van der Waals surface area contributed by atoms with Crippen molar-refractivity contribution in [2.45, 2.75) is 31.4 Å². The highest BCUT2D eigenvalue weighted by Crippen LogP contribution is 2.31. The molecule has 20 heteroatoms. The van der Waals surface area contributed by atoms with Crippen molar-refractivity contribution in [3.05, 3.63) is 89.3 Å². The van der Waals surface area contributed by atoms with Gasteiger partial charge in [-0.05, 0) is 83.4 Å². The highest BCUT2D eigenvalue weighted by Gasteiger charge is 2.41. The summed E-state index contributed by atoms with van der Waals surface area (Å²) in [4.78, 5) is 82.7. The van der Waals surface area contributed by atoms with Crippen LogP contribution in [0.2, 0.25) is 5.02 Å². The number of tetrazole rings is 1. The van der Waals surface area contributed by atoms with Crippen molar-refractivity contribution in [3.63, 3.8) is 0 Å². The van der Waals surface area contributed by atoms with E-state index in [2.05, 4.69) is 26.2 Å². The van der Waals surface area contributed by atoms with Gasteiger partial charge in [-0.3, -0.25) is 14.4 Å². The Balaban J connectivity index is 1.14. The lowest BCUT2D eigenvalue weighted by Crippen LogP contribution is -2.60. The second-order valence-electron chi connectivity index (χ2n) is 13.3. The summed E-state index contributed by atoms with van der Waals surface area (Å²) in [7, 11) is 1.65. The first-order valence-corrected chi connectivity index (χ1v) is 18.1. The summed E-state index contributed by atoms with van der Waals surface area (Å²) in [6.07, 6.45) is 1.36. The van der Waals surface area contributed by atoms with Crippen LogP contribution in [0.1, 0.15) is 28.9 Å². The Labute approximate surface area is 328 Å². The number of amides is 5. The second-order valence-corrected chi connectivity index (χ2v) is 13.8. The number of benzene rings is 3. The van der Waals surface area contributed by atoms with Crippen LogP contribution in [0.25, 0.3) is 16.6 Å². The molecule has 4 N–H and O–H groups in total. The summed E-state index contributed by atoms with van der Waals surface area (Å²) in [6, 6.07) is 15.3. The molecule has 0 spiro atoms. The molecule has 5 amide bonds. The Morgan fingerprint density at radius 2 is 1.61 bits per heavy atom. The molecule has 2 aliphatic heterocycles. The van der Waals surface area contributed by atoms with Gasteiger partial charge in [-0.1, -0.05) is 23.7 Å². The molecule has 0 radical (unpaired) electrons. The molecule has 0 unspecified atom stereocenters. The fraction of sp³-hybridized carbons (Fsp3) is 0.270. The number of piperidine rings is 1. The molecule has 2 fully saturated rings. The normalized spacial score (nSPS) is 15.5. The molecule has 4 heterocycles. The van der Waals surface area contributed by atoms with Crippen LogP contribution < -0.4 is 15.5 Å². The van der Waals surface area contributed by atoms with Gasteiger partial charge in [0, 0.05) is 61.5 Å². The Morgan fingerprint density at radius 1 is 0.877 bits per heavy atom. The van der Waals surface area contributed by atoms with E-state index < -0.39 is 41.5 Å². The fourth-order valence-corrected chi connectivity index (χ4v) is 7.19. The first-order valence-electron chi connectivity index (χ1n) is 17.7. The zero-order valence-electron chi connectivity index (χ0n) is 30.2. The quantitative estimate of drug-likeness (QED) is 0.149. The number of piperazine rings is 1. The van der Waals surface area contributed by atoms with Crippen molar-refractivity contribution in [1.29, 1.82) is 0 Å². The van der Waals surface area contributed by atoms with Gasteiger partial charge in [-0.2, -0.15) is 4.68 Å². The zero-order valence-corrected chi connectivity index (χ0v) is 31.0. The van der Waals surface area contributed by atoms with Crippen molar-refractivity contribution < 1.29 is 43.7 Å². The minimum absolute atomic E-state index is 0.0248. The van der Waals surface area contributed by atoms with E-state index in [4.69, 9.17) is 16.3 Å². The summed E-state index contributed by atoms with van der Waals surface area (Å²) in [5, 5.41) is 36.6. The van der Waals surface area contributed by atoms with Crippen LogP contribution in [0.15, 0.2) is 73.1 Å². The molecular formula is C37H35ClN10O9. The maximum absolute atomic E-state index is 14.2. The number of hydrogen-bond donors (Lipinski definition) is 4. The van der Waals surface area contributed by atoms with Crippen LogP contribution in [-0.2, 0) is 25.5 Å². The van der Waals surface area contributed by atoms with Crippen molar-refractivity contribution in [2.24, 2.45) is 0 Å². The van der Waals surface area contributed by atoms with E-state index in [1.54, 1.807) is 48.4 Å². The number of anilines is 3. The van der Waals surface area contributed by atoms with Crippen molar-refractivity contribution in [2.75, 3.05) is 48.8 Å². The fourth-order valence-electron chi connectivity index (χ4n) is 7.03. The van der Waals surface area contributed by atoms with Crippen molar-refractivity contribution in [3.8, 4) is 5.69 Å². The molecule has 7 rings (SSSR count). The molecule has 0 bridgehead atoms. The molecule has 294 valence electrons. The summed E-state index contributed by atoms with van der Waals surface area (Å²) in [6.45, 7) is 1.01. The number of ether oxygens (including phenoxy) is 1. The second kappa shape index (κ2) is 16.1. The number of halogens is 1. The maximum atomic E-state index is 14.2. The van der Waals surface area contributed by atoms with E-state index in [1.165, 1.54) is 51.1 Å². The Morgan fingerprint density at radius 3 is 2.28 bits per heavy atom. The van der Waals surface area contributed by atoms with E-state index in [-0.39, 0.29) is 53.9 Å². The molecule has 19 nitrogen and oxygen atoms in total. The van der Waals surface area contributed by atoms with E-state index >= 15 is 0 Å². The van der Waals surface area contributed by atoms with Gasteiger partial charge >= 0.3 is 29.9 Å². The van der Waals surface area contributed by atoms with Gasteiger partial charge in [0.15, 0.2) is 0 Å². The summed E-state index contributed by atoms with van der Waals surface area (Å²) < 4.78 is 7.33. The van der Waals surface area contributed by atoms with Gasteiger partial charge in [-0.25, -0.2) is 19.0 Å². The Kier molecular flexibility index (Phi) is 10.8. The molecule has 2 aromatic heterocycles. The maximum Gasteiger partial charge on any atom is 0.416 e. The first kappa shape index (κ1) is 38.4. The predicted molar refractivity (Wildman–Crippen MR) is 204 cm³/mol. The monoisotopic (exact) mass is 798 g/mol. The number of carbonyl (C=O) groups is 6. The van der Waals surface area contributed by atoms with Gasteiger partial charge in [0.05, 0.1) is 23.0 Å². The van der Waals surface area contributed by atoms with Gasteiger partial charge in [0.2, 0.25) is 5.91 Å². The lowest BCUT2D eigenvalue weighted by molar-refractivity contribution is -0.149.